The number of halogens is 1. The Balaban J connectivity index is 1.64. The van der Waals surface area contributed by atoms with Gasteiger partial charge in [0.05, 0.1) is 11.5 Å². The zero-order valence-electron chi connectivity index (χ0n) is 19.0. The molecule has 2 aromatic carbocycles. The smallest absolute Gasteiger partial charge is 0.250 e. The van der Waals surface area contributed by atoms with Crippen LogP contribution in [0.3, 0.4) is 0 Å². The standard InChI is InChI=1S/C24H28FN5OS/c1-6-30-22(18-7-11-19(12-8-18)24(3,4)5)28-29-23(30)32-15-21(31)27-26-16(2)17-9-13-20(25)14-10-17/h7-14H,6,15H2,1-5H3,(H,27,31). The first kappa shape index (κ1) is 23.7. The Hall–Kier alpha value is -3.00. The van der Waals surface area contributed by atoms with Crippen molar-refractivity contribution in [3.63, 3.8) is 0 Å². The number of hydrogen-bond acceptors (Lipinski definition) is 5. The zero-order valence-corrected chi connectivity index (χ0v) is 19.8. The first-order chi connectivity index (χ1) is 15.2. The van der Waals surface area contributed by atoms with Crippen LogP contribution in [0.15, 0.2) is 58.8 Å². The van der Waals surface area contributed by atoms with Gasteiger partial charge in [-0.05, 0) is 42.5 Å². The van der Waals surface area contributed by atoms with Crippen LogP contribution in [-0.4, -0.2) is 32.1 Å². The van der Waals surface area contributed by atoms with Crippen LogP contribution in [0, 0.1) is 5.82 Å². The minimum atomic E-state index is -0.313. The van der Waals surface area contributed by atoms with Crippen LogP contribution >= 0.6 is 11.8 Å². The maximum Gasteiger partial charge on any atom is 0.250 e. The molecule has 3 aromatic rings. The van der Waals surface area contributed by atoms with Crippen LogP contribution in [0.25, 0.3) is 11.4 Å². The van der Waals surface area contributed by atoms with Gasteiger partial charge in [0.2, 0.25) is 0 Å². The van der Waals surface area contributed by atoms with Gasteiger partial charge in [-0.15, -0.1) is 10.2 Å². The number of thioether (sulfide) groups is 1. The Labute approximate surface area is 192 Å². The molecule has 1 N–H and O–H groups in total. The van der Waals surface area contributed by atoms with Gasteiger partial charge in [0.1, 0.15) is 5.82 Å². The van der Waals surface area contributed by atoms with Gasteiger partial charge in [-0.25, -0.2) is 9.82 Å². The van der Waals surface area contributed by atoms with Crippen LogP contribution in [0.2, 0.25) is 0 Å². The van der Waals surface area contributed by atoms with Crippen molar-refractivity contribution < 1.29 is 9.18 Å². The zero-order chi connectivity index (χ0) is 23.3. The van der Waals surface area contributed by atoms with E-state index < -0.39 is 0 Å². The third kappa shape index (κ3) is 5.82. The SMILES string of the molecule is CCn1c(SCC(=O)NN=C(C)c2ccc(F)cc2)nnc1-c1ccc(C(C)(C)C)cc1. The Morgan fingerprint density at radius 1 is 1.09 bits per heavy atom. The van der Waals surface area contributed by atoms with Gasteiger partial charge in [-0.2, -0.15) is 5.10 Å². The lowest BCUT2D eigenvalue weighted by Crippen LogP contribution is -2.21. The molecule has 0 saturated heterocycles. The maximum atomic E-state index is 13.0. The number of hydrogen-bond donors (Lipinski definition) is 1. The number of nitrogens with zero attached hydrogens (tertiary/aromatic N) is 4. The summed E-state index contributed by atoms with van der Waals surface area (Å²) in [6.45, 7) is 11.0. The van der Waals surface area contributed by atoms with Crippen LogP contribution in [0.1, 0.15) is 45.7 Å². The normalized spacial score (nSPS) is 12.1. The summed E-state index contributed by atoms with van der Waals surface area (Å²) in [7, 11) is 0. The fraction of sp³-hybridized carbons (Fsp3) is 0.333. The largest absolute Gasteiger partial charge is 0.302 e. The predicted molar refractivity (Wildman–Crippen MR) is 127 cm³/mol. The maximum absolute atomic E-state index is 13.0. The third-order valence-electron chi connectivity index (χ3n) is 4.98. The number of aromatic nitrogens is 3. The number of hydrazone groups is 1. The predicted octanol–water partition coefficient (Wildman–Crippen LogP) is 5.03. The molecule has 1 amide bonds. The van der Waals surface area contributed by atoms with Gasteiger partial charge < -0.3 is 4.57 Å². The Morgan fingerprint density at radius 3 is 2.34 bits per heavy atom. The molecule has 0 aliphatic carbocycles. The Kier molecular flexibility index (Phi) is 7.45. The van der Waals surface area contributed by atoms with E-state index in [1.165, 1.54) is 29.5 Å². The van der Waals surface area contributed by atoms with E-state index in [9.17, 15) is 9.18 Å². The Bertz CT molecular complexity index is 1100. The molecular formula is C24H28FN5OS. The number of carbonyl (C=O) groups excluding carboxylic acids is 1. The summed E-state index contributed by atoms with van der Waals surface area (Å²) in [6, 6.07) is 14.3. The van der Waals surface area contributed by atoms with Gasteiger partial charge in [0.15, 0.2) is 11.0 Å². The lowest BCUT2D eigenvalue weighted by Gasteiger charge is -2.19. The van der Waals surface area contributed by atoms with Gasteiger partial charge >= 0.3 is 0 Å². The molecule has 0 bridgehead atoms. The van der Waals surface area contributed by atoms with E-state index in [1.54, 1.807) is 19.1 Å². The highest BCUT2D eigenvalue weighted by atomic mass is 32.2. The molecule has 8 heteroatoms. The number of nitrogens with one attached hydrogen (secondary N) is 1. The van der Waals surface area contributed by atoms with E-state index in [2.05, 4.69) is 65.8 Å². The molecule has 0 spiro atoms. The van der Waals surface area contributed by atoms with Crippen LogP contribution in [0.5, 0.6) is 0 Å². The van der Waals surface area contributed by atoms with Crippen molar-refractivity contribution in [2.75, 3.05) is 5.75 Å². The lowest BCUT2D eigenvalue weighted by atomic mass is 9.87. The quantitative estimate of drug-likeness (QED) is 0.309. The molecule has 0 unspecified atom stereocenters. The molecule has 32 heavy (non-hydrogen) atoms. The molecule has 0 fully saturated rings. The fourth-order valence-corrected chi connectivity index (χ4v) is 3.87. The van der Waals surface area contributed by atoms with E-state index in [4.69, 9.17) is 0 Å². The molecule has 0 aliphatic heterocycles. The molecule has 6 nitrogen and oxygen atoms in total. The monoisotopic (exact) mass is 453 g/mol. The lowest BCUT2D eigenvalue weighted by molar-refractivity contribution is -0.118. The molecule has 1 heterocycles. The molecule has 0 aliphatic rings. The van der Waals surface area contributed by atoms with Gasteiger partial charge in [-0.1, -0.05) is 68.9 Å². The third-order valence-corrected chi connectivity index (χ3v) is 5.95. The fourth-order valence-electron chi connectivity index (χ4n) is 3.08. The van der Waals surface area contributed by atoms with E-state index in [-0.39, 0.29) is 22.9 Å². The molecule has 3 rings (SSSR count). The van der Waals surface area contributed by atoms with Crippen molar-refractivity contribution >= 4 is 23.4 Å². The highest BCUT2D eigenvalue weighted by molar-refractivity contribution is 7.99. The van der Waals surface area contributed by atoms with Crippen molar-refractivity contribution in [2.24, 2.45) is 5.10 Å². The number of carbonyl (C=O) groups is 1. The topological polar surface area (TPSA) is 72.2 Å². The van der Waals surface area contributed by atoms with E-state index in [0.29, 0.717) is 17.4 Å². The number of rotatable bonds is 7. The average Bonchev–Trinajstić information content (AvgIpc) is 3.19. The van der Waals surface area contributed by atoms with E-state index in [0.717, 1.165) is 17.0 Å². The Morgan fingerprint density at radius 2 is 1.75 bits per heavy atom. The second-order valence-corrected chi connectivity index (χ2v) is 9.35. The summed E-state index contributed by atoms with van der Waals surface area (Å²) in [5, 5.41) is 13.4. The minimum Gasteiger partial charge on any atom is -0.302 e. The molecule has 0 atom stereocenters. The number of benzene rings is 2. The highest BCUT2D eigenvalue weighted by Crippen LogP contribution is 2.27. The van der Waals surface area contributed by atoms with E-state index >= 15 is 0 Å². The molecule has 0 radical (unpaired) electrons. The highest BCUT2D eigenvalue weighted by Gasteiger charge is 2.17. The van der Waals surface area contributed by atoms with Crippen molar-refractivity contribution in [2.45, 2.75) is 51.7 Å². The van der Waals surface area contributed by atoms with Crippen LogP contribution in [0.4, 0.5) is 4.39 Å². The summed E-state index contributed by atoms with van der Waals surface area (Å²) < 4.78 is 15.0. The second kappa shape index (κ2) is 10.1. The summed E-state index contributed by atoms with van der Waals surface area (Å²) in [4.78, 5) is 12.3. The summed E-state index contributed by atoms with van der Waals surface area (Å²) >= 11 is 1.31. The minimum absolute atomic E-state index is 0.0862. The molecular weight excluding hydrogens is 425 g/mol. The summed E-state index contributed by atoms with van der Waals surface area (Å²) in [5.74, 6) is 0.368. The van der Waals surface area contributed by atoms with Crippen molar-refractivity contribution in [3.05, 3.63) is 65.5 Å². The molecule has 1 aromatic heterocycles. The first-order valence-electron chi connectivity index (χ1n) is 10.4. The van der Waals surface area contributed by atoms with Gasteiger partial charge in [0.25, 0.3) is 5.91 Å². The average molecular weight is 454 g/mol. The van der Waals surface area contributed by atoms with Crippen molar-refractivity contribution in [3.8, 4) is 11.4 Å². The second-order valence-electron chi connectivity index (χ2n) is 8.41. The van der Waals surface area contributed by atoms with Crippen LogP contribution < -0.4 is 5.43 Å². The number of amides is 1. The molecule has 0 saturated carbocycles. The van der Waals surface area contributed by atoms with Crippen molar-refractivity contribution in [1.29, 1.82) is 0 Å². The summed E-state index contributed by atoms with van der Waals surface area (Å²) in [5.41, 5.74) is 6.21. The van der Waals surface area contributed by atoms with Gasteiger partial charge in [-0.3, -0.25) is 4.79 Å². The van der Waals surface area contributed by atoms with E-state index in [1.807, 2.05) is 11.5 Å². The van der Waals surface area contributed by atoms with Crippen molar-refractivity contribution in [1.82, 2.24) is 20.2 Å². The molecule has 168 valence electrons. The van der Waals surface area contributed by atoms with Crippen LogP contribution in [-0.2, 0) is 16.8 Å². The summed E-state index contributed by atoms with van der Waals surface area (Å²) in [6.07, 6.45) is 0. The first-order valence-corrected chi connectivity index (χ1v) is 11.4. The van der Waals surface area contributed by atoms with Gasteiger partial charge in [0, 0.05) is 12.1 Å².